The molecule has 0 radical (unpaired) electrons. The standard InChI is InChI=1S/C21H23F2N3O2/c1-21(19(27)24-14-15-2-4-16(22)5-3-15)10-12-26(13-11-21)20(28)25-18-8-6-17(23)7-9-18/h2-9H,10-14H2,1H3,(H,24,27)(H,25,28). The zero-order valence-electron chi connectivity index (χ0n) is 15.7. The molecule has 2 aromatic rings. The molecule has 0 aromatic heterocycles. The minimum Gasteiger partial charge on any atom is -0.352 e. The number of likely N-dealkylation sites (tertiary alicyclic amines) is 1. The molecule has 0 saturated carbocycles. The molecule has 0 atom stereocenters. The molecule has 1 saturated heterocycles. The van der Waals surface area contributed by atoms with Gasteiger partial charge in [0.05, 0.1) is 0 Å². The monoisotopic (exact) mass is 387 g/mol. The number of benzene rings is 2. The Kier molecular flexibility index (Phi) is 5.92. The second kappa shape index (κ2) is 8.37. The van der Waals surface area contributed by atoms with Gasteiger partial charge in [0, 0.05) is 30.7 Å². The van der Waals surface area contributed by atoms with E-state index >= 15 is 0 Å². The number of amides is 3. The summed E-state index contributed by atoms with van der Waals surface area (Å²) in [5, 5.41) is 5.64. The first kappa shape index (κ1) is 19.8. The molecule has 1 aliphatic rings. The third-order valence-electron chi connectivity index (χ3n) is 5.16. The van der Waals surface area contributed by atoms with Crippen molar-refractivity contribution in [1.29, 1.82) is 0 Å². The van der Waals surface area contributed by atoms with Crippen LogP contribution in [0.2, 0.25) is 0 Å². The quantitative estimate of drug-likeness (QED) is 0.836. The van der Waals surface area contributed by atoms with E-state index in [1.807, 2.05) is 6.92 Å². The first-order valence-corrected chi connectivity index (χ1v) is 9.20. The third kappa shape index (κ3) is 4.85. The van der Waals surface area contributed by atoms with Crippen LogP contribution in [0.3, 0.4) is 0 Å². The van der Waals surface area contributed by atoms with Crippen LogP contribution in [-0.4, -0.2) is 29.9 Å². The molecule has 0 unspecified atom stereocenters. The fraction of sp³-hybridized carbons (Fsp3) is 0.333. The van der Waals surface area contributed by atoms with Gasteiger partial charge in [0.15, 0.2) is 0 Å². The van der Waals surface area contributed by atoms with Gasteiger partial charge in [-0.25, -0.2) is 13.6 Å². The average molecular weight is 387 g/mol. The first-order chi connectivity index (χ1) is 13.4. The van der Waals surface area contributed by atoms with Crippen molar-refractivity contribution in [2.24, 2.45) is 5.41 Å². The predicted octanol–water partition coefficient (Wildman–Crippen LogP) is 3.92. The lowest BCUT2D eigenvalue weighted by molar-refractivity contribution is -0.132. The molecular weight excluding hydrogens is 364 g/mol. The van der Waals surface area contributed by atoms with Crippen LogP contribution in [0.15, 0.2) is 48.5 Å². The molecule has 5 nitrogen and oxygen atoms in total. The van der Waals surface area contributed by atoms with Crippen molar-refractivity contribution in [2.45, 2.75) is 26.3 Å². The third-order valence-corrected chi connectivity index (χ3v) is 5.16. The summed E-state index contributed by atoms with van der Waals surface area (Å²) in [6, 6.07) is 11.3. The Morgan fingerprint density at radius 3 is 2.07 bits per heavy atom. The van der Waals surface area contributed by atoms with E-state index in [1.165, 1.54) is 36.4 Å². The number of carbonyl (C=O) groups is 2. The van der Waals surface area contributed by atoms with Crippen LogP contribution in [0.1, 0.15) is 25.3 Å². The molecule has 7 heteroatoms. The maximum atomic E-state index is 13.0. The summed E-state index contributed by atoms with van der Waals surface area (Å²) in [7, 11) is 0. The predicted molar refractivity (Wildman–Crippen MR) is 103 cm³/mol. The lowest BCUT2D eigenvalue weighted by Crippen LogP contribution is -2.49. The highest BCUT2D eigenvalue weighted by molar-refractivity contribution is 5.89. The number of carbonyl (C=O) groups excluding carboxylic acids is 2. The van der Waals surface area contributed by atoms with Crippen molar-refractivity contribution < 1.29 is 18.4 Å². The Morgan fingerprint density at radius 1 is 0.964 bits per heavy atom. The zero-order valence-corrected chi connectivity index (χ0v) is 15.7. The van der Waals surface area contributed by atoms with Crippen molar-refractivity contribution in [1.82, 2.24) is 10.2 Å². The van der Waals surface area contributed by atoms with Gasteiger partial charge < -0.3 is 15.5 Å². The van der Waals surface area contributed by atoms with Gasteiger partial charge in [0.25, 0.3) is 0 Å². The average Bonchev–Trinajstić information content (AvgIpc) is 2.69. The summed E-state index contributed by atoms with van der Waals surface area (Å²) in [6.07, 6.45) is 1.08. The van der Waals surface area contributed by atoms with Crippen molar-refractivity contribution in [2.75, 3.05) is 18.4 Å². The topological polar surface area (TPSA) is 61.4 Å². The highest BCUT2D eigenvalue weighted by atomic mass is 19.1. The van der Waals surface area contributed by atoms with Crippen LogP contribution in [0.4, 0.5) is 19.3 Å². The molecule has 0 spiro atoms. The fourth-order valence-electron chi connectivity index (χ4n) is 3.16. The minimum absolute atomic E-state index is 0.0737. The van der Waals surface area contributed by atoms with Crippen LogP contribution in [-0.2, 0) is 11.3 Å². The van der Waals surface area contributed by atoms with E-state index in [4.69, 9.17) is 0 Å². The van der Waals surface area contributed by atoms with E-state index in [9.17, 15) is 18.4 Å². The Bertz CT molecular complexity index is 830. The fourth-order valence-corrected chi connectivity index (χ4v) is 3.16. The van der Waals surface area contributed by atoms with Gasteiger partial charge in [0.2, 0.25) is 5.91 Å². The van der Waals surface area contributed by atoms with Gasteiger partial charge >= 0.3 is 6.03 Å². The largest absolute Gasteiger partial charge is 0.352 e. The molecule has 1 heterocycles. The summed E-state index contributed by atoms with van der Waals surface area (Å²) in [5.74, 6) is -0.748. The van der Waals surface area contributed by atoms with E-state index in [0.29, 0.717) is 38.2 Å². The smallest absolute Gasteiger partial charge is 0.321 e. The summed E-state index contributed by atoms with van der Waals surface area (Å²) < 4.78 is 25.9. The molecule has 148 valence electrons. The SMILES string of the molecule is CC1(C(=O)NCc2ccc(F)cc2)CCN(C(=O)Nc2ccc(F)cc2)CC1. The summed E-state index contributed by atoms with van der Waals surface area (Å²) >= 11 is 0. The van der Waals surface area contributed by atoms with Gasteiger partial charge in [-0.1, -0.05) is 19.1 Å². The number of hydrogen-bond acceptors (Lipinski definition) is 2. The summed E-state index contributed by atoms with van der Waals surface area (Å²) in [6.45, 7) is 3.13. The summed E-state index contributed by atoms with van der Waals surface area (Å²) in [5.41, 5.74) is 0.790. The zero-order chi connectivity index (χ0) is 20.1. The Labute approximate surface area is 162 Å². The van der Waals surface area contributed by atoms with Crippen molar-refractivity contribution in [3.05, 3.63) is 65.7 Å². The van der Waals surface area contributed by atoms with Gasteiger partial charge in [-0.3, -0.25) is 4.79 Å². The molecule has 2 aromatic carbocycles. The number of urea groups is 1. The normalized spacial score (nSPS) is 15.8. The van der Waals surface area contributed by atoms with Gasteiger partial charge in [0.1, 0.15) is 11.6 Å². The van der Waals surface area contributed by atoms with Crippen LogP contribution >= 0.6 is 0 Å². The van der Waals surface area contributed by atoms with E-state index in [-0.39, 0.29) is 23.6 Å². The molecule has 3 amide bonds. The van der Waals surface area contributed by atoms with Crippen molar-refractivity contribution in [3.63, 3.8) is 0 Å². The number of rotatable bonds is 4. The number of hydrogen-bond donors (Lipinski definition) is 2. The number of nitrogens with zero attached hydrogens (tertiary/aromatic N) is 1. The molecule has 0 aliphatic carbocycles. The molecule has 28 heavy (non-hydrogen) atoms. The van der Waals surface area contributed by atoms with Crippen LogP contribution in [0.5, 0.6) is 0 Å². The maximum Gasteiger partial charge on any atom is 0.321 e. The van der Waals surface area contributed by atoms with Gasteiger partial charge in [-0.15, -0.1) is 0 Å². The van der Waals surface area contributed by atoms with Crippen molar-refractivity contribution >= 4 is 17.6 Å². The van der Waals surface area contributed by atoms with E-state index in [2.05, 4.69) is 10.6 Å². The number of piperidine rings is 1. The summed E-state index contributed by atoms with van der Waals surface area (Å²) in [4.78, 5) is 26.6. The molecule has 1 fully saturated rings. The number of nitrogens with one attached hydrogen (secondary N) is 2. The maximum absolute atomic E-state index is 13.0. The van der Waals surface area contributed by atoms with Crippen LogP contribution in [0.25, 0.3) is 0 Å². The molecule has 1 aliphatic heterocycles. The van der Waals surface area contributed by atoms with Crippen molar-refractivity contribution in [3.8, 4) is 0 Å². The van der Waals surface area contributed by atoms with Crippen LogP contribution < -0.4 is 10.6 Å². The lowest BCUT2D eigenvalue weighted by atomic mass is 9.79. The minimum atomic E-state index is -0.563. The molecular formula is C21H23F2N3O2. The second-order valence-corrected chi connectivity index (χ2v) is 7.29. The highest BCUT2D eigenvalue weighted by Gasteiger charge is 2.37. The Morgan fingerprint density at radius 2 is 1.50 bits per heavy atom. The van der Waals surface area contributed by atoms with E-state index in [0.717, 1.165) is 5.56 Å². The molecule has 0 bridgehead atoms. The highest BCUT2D eigenvalue weighted by Crippen LogP contribution is 2.31. The second-order valence-electron chi connectivity index (χ2n) is 7.29. The Hall–Kier alpha value is -2.96. The number of halogens is 2. The Balaban J connectivity index is 1.49. The first-order valence-electron chi connectivity index (χ1n) is 9.20. The number of anilines is 1. The lowest BCUT2D eigenvalue weighted by Gasteiger charge is -2.38. The van der Waals surface area contributed by atoms with Gasteiger partial charge in [-0.2, -0.15) is 0 Å². The van der Waals surface area contributed by atoms with E-state index < -0.39 is 5.41 Å². The van der Waals surface area contributed by atoms with Crippen LogP contribution in [0, 0.1) is 17.0 Å². The van der Waals surface area contributed by atoms with Gasteiger partial charge in [-0.05, 0) is 54.8 Å². The molecule has 3 rings (SSSR count). The molecule has 2 N–H and O–H groups in total. The van der Waals surface area contributed by atoms with E-state index in [1.54, 1.807) is 17.0 Å².